The first kappa shape index (κ1) is 18.7. The number of hydrogen-bond donors (Lipinski definition) is 1. The molecule has 4 aromatic rings. The predicted octanol–water partition coefficient (Wildman–Crippen LogP) is 3.19. The van der Waals surface area contributed by atoms with Gasteiger partial charge in [0.1, 0.15) is 11.4 Å². The van der Waals surface area contributed by atoms with Gasteiger partial charge in [-0.15, -0.1) is 0 Å². The third kappa shape index (κ3) is 2.82. The molecule has 1 unspecified atom stereocenters. The molecule has 0 aliphatic carbocycles. The summed E-state index contributed by atoms with van der Waals surface area (Å²) < 4.78 is 24.8. The summed E-state index contributed by atoms with van der Waals surface area (Å²) in [5.41, 5.74) is 0.0384. The molecule has 2 aromatic carbocycles. The molecule has 0 bridgehead atoms. The molecular weight excluding hydrogens is 405 g/mol. The Hall–Kier alpha value is -4.27. The maximum Gasteiger partial charge on any atom is 0.297 e. The van der Waals surface area contributed by atoms with Crippen LogP contribution in [-0.4, -0.2) is 28.1 Å². The third-order valence-corrected chi connectivity index (χ3v) is 5.12. The number of anilines is 1. The van der Waals surface area contributed by atoms with Crippen LogP contribution in [-0.2, 0) is 0 Å². The Morgan fingerprint density at radius 3 is 2.65 bits per heavy atom. The summed E-state index contributed by atoms with van der Waals surface area (Å²) in [6, 6.07) is 8.60. The summed E-state index contributed by atoms with van der Waals surface area (Å²) >= 11 is 0. The highest BCUT2D eigenvalue weighted by atomic mass is 19.1. The van der Waals surface area contributed by atoms with Gasteiger partial charge in [-0.1, -0.05) is 6.07 Å². The molecule has 0 saturated heterocycles. The van der Waals surface area contributed by atoms with Crippen molar-refractivity contribution in [2.24, 2.45) is 0 Å². The van der Waals surface area contributed by atoms with E-state index in [0.717, 1.165) is 12.1 Å². The Balaban J connectivity index is 1.83. The van der Waals surface area contributed by atoms with Crippen LogP contribution in [0.3, 0.4) is 0 Å². The van der Waals surface area contributed by atoms with Gasteiger partial charge >= 0.3 is 0 Å². The lowest BCUT2D eigenvalue weighted by atomic mass is 9.98. The van der Waals surface area contributed by atoms with Crippen LogP contribution in [0.2, 0.25) is 0 Å². The number of phenolic OH excluding ortho intramolecular Hbond substituents is 1. The predicted molar refractivity (Wildman–Crippen MR) is 108 cm³/mol. The molecule has 0 fully saturated rings. The van der Waals surface area contributed by atoms with Gasteiger partial charge in [-0.2, -0.15) is 0 Å². The van der Waals surface area contributed by atoms with E-state index in [2.05, 4.69) is 9.97 Å². The van der Waals surface area contributed by atoms with Crippen LogP contribution in [0.5, 0.6) is 11.5 Å². The standard InChI is InChI=1S/C22H14FN3O5/c1-30-16-9-11(3-5-14(16)27)18-17-19(28)13-10-12(23)4-6-15(13)31-20(17)21(29)26(18)22-24-7-2-8-25-22/h2-10,18,27H,1H3. The van der Waals surface area contributed by atoms with Gasteiger partial charge in [0.2, 0.25) is 11.7 Å². The Labute approximate surface area is 174 Å². The van der Waals surface area contributed by atoms with Crippen molar-refractivity contribution in [1.82, 2.24) is 9.97 Å². The number of aromatic hydroxyl groups is 1. The van der Waals surface area contributed by atoms with E-state index < -0.39 is 23.2 Å². The number of carbonyl (C=O) groups is 1. The third-order valence-electron chi connectivity index (χ3n) is 5.12. The van der Waals surface area contributed by atoms with Crippen LogP contribution in [0.25, 0.3) is 11.0 Å². The van der Waals surface area contributed by atoms with Crippen LogP contribution in [0.15, 0.2) is 64.1 Å². The molecule has 1 atom stereocenters. The van der Waals surface area contributed by atoms with E-state index in [1.807, 2.05) is 0 Å². The summed E-state index contributed by atoms with van der Waals surface area (Å²) in [7, 11) is 1.38. The average Bonchev–Trinajstić information content (AvgIpc) is 3.08. The van der Waals surface area contributed by atoms with Crippen LogP contribution < -0.4 is 15.1 Å². The van der Waals surface area contributed by atoms with Gasteiger partial charge in [0.05, 0.1) is 24.1 Å². The van der Waals surface area contributed by atoms with Crippen LogP contribution in [0.4, 0.5) is 10.3 Å². The Kier molecular flexibility index (Phi) is 4.18. The number of hydrogen-bond acceptors (Lipinski definition) is 7. The van der Waals surface area contributed by atoms with E-state index >= 15 is 0 Å². The highest BCUT2D eigenvalue weighted by molar-refractivity contribution is 6.09. The number of ether oxygens (including phenoxy) is 1. The molecule has 8 nitrogen and oxygen atoms in total. The topological polar surface area (TPSA) is 106 Å². The molecule has 1 N–H and O–H groups in total. The summed E-state index contributed by atoms with van der Waals surface area (Å²) in [5, 5.41) is 9.99. The average molecular weight is 419 g/mol. The van der Waals surface area contributed by atoms with E-state index in [0.29, 0.717) is 5.56 Å². The van der Waals surface area contributed by atoms with Crippen LogP contribution in [0, 0.1) is 5.82 Å². The summed E-state index contributed by atoms with van der Waals surface area (Å²) in [6.07, 6.45) is 2.93. The lowest BCUT2D eigenvalue weighted by molar-refractivity contribution is 0.0969. The molecule has 31 heavy (non-hydrogen) atoms. The van der Waals surface area contributed by atoms with E-state index in [1.165, 1.54) is 42.6 Å². The maximum absolute atomic E-state index is 13.8. The number of methoxy groups -OCH3 is 1. The summed E-state index contributed by atoms with van der Waals surface area (Å²) in [4.78, 5) is 36.2. The fourth-order valence-corrected chi connectivity index (χ4v) is 3.75. The number of halogens is 1. The fraction of sp³-hybridized carbons (Fsp3) is 0.0909. The van der Waals surface area contributed by atoms with Crippen molar-refractivity contribution in [3.05, 3.63) is 87.8 Å². The smallest absolute Gasteiger partial charge is 0.297 e. The van der Waals surface area contributed by atoms with Crippen molar-refractivity contribution in [3.8, 4) is 11.5 Å². The quantitative estimate of drug-likeness (QED) is 0.544. The van der Waals surface area contributed by atoms with Gasteiger partial charge in [0.15, 0.2) is 16.9 Å². The molecular formula is C22H14FN3O5. The lowest BCUT2D eigenvalue weighted by Gasteiger charge is -2.23. The van der Waals surface area contributed by atoms with Crippen molar-refractivity contribution in [2.45, 2.75) is 6.04 Å². The van der Waals surface area contributed by atoms with Crippen molar-refractivity contribution in [3.63, 3.8) is 0 Å². The largest absolute Gasteiger partial charge is 0.504 e. The molecule has 0 saturated carbocycles. The van der Waals surface area contributed by atoms with Gasteiger partial charge in [-0.05, 0) is 42.0 Å². The van der Waals surface area contributed by atoms with E-state index in [9.17, 15) is 19.1 Å². The number of phenols is 1. The summed E-state index contributed by atoms with van der Waals surface area (Å²) in [5.74, 6) is -1.27. The van der Waals surface area contributed by atoms with Gasteiger partial charge in [-0.3, -0.25) is 14.5 Å². The van der Waals surface area contributed by atoms with Crippen molar-refractivity contribution >= 4 is 22.8 Å². The molecule has 1 aliphatic rings. The minimum absolute atomic E-state index is 0.0122. The highest BCUT2D eigenvalue weighted by Crippen LogP contribution is 2.42. The van der Waals surface area contributed by atoms with Gasteiger partial charge in [-0.25, -0.2) is 14.4 Å². The zero-order chi connectivity index (χ0) is 21.7. The molecule has 3 heterocycles. The molecule has 1 aliphatic heterocycles. The van der Waals surface area contributed by atoms with Gasteiger partial charge < -0.3 is 14.3 Å². The monoisotopic (exact) mass is 419 g/mol. The van der Waals surface area contributed by atoms with E-state index in [4.69, 9.17) is 9.15 Å². The summed E-state index contributed by atoms with van der Waals surface area (Å²) in [6.45, 7) is 0. The Bertz CT molecular complexity index is 1400. The molecule has 9 heteroatoms. The first-order valence-electron chi connectivity index (χ1n) is 9.23. The fourth-order valence-electron chi connectivity index (χ4n) is 3.75. The van der Waals surface area contributed by atoms with Crippen molar-refractivity contribution in [2.75, 3.05) is 12.0 Å². The second-order valence-corrected chi connectivity index (χ2v) is 6.87. The number of rotatable bonds is 3. The Morgan fingerprint density at radius 1 is 1.13 bits per heavy atom. The van der Waals surface area contributed by atoms with Crippen molar-refractivity contribution in [1.29, 1.82) is 0 Å². The minimum atomic E-state index is -0.969. The zero-order valence-electron chi connectivity index (χ0n) is 16.1. The van der Waals surface area contributed by atoms with E-state index in [1.54, 1.807) is 12.1 Å². The van der Waals surface area contributed by atoms with Crippen LogP contribution >= 0.6 is 0 Å². The van der Waals surface area contributed by atoms with Crippen molar-refractivity contribution < 1.29 is 23.4 Å². The first-order valence-corrected chi connectivity index (χ1v) is 9.23. The second kappa shape index (κ2) is 6.91. The molecule has 2 aromatic heterocycles. The highest BCUT2D eigenvalue weighted by Gasteiger charge is 2.45. The number of aromatic nitrogens is 2. The molecule has 1 amide bonds. The SMILES string of the molecule is COc1cc(C2c3c(oc4ccc(F)cc4c3=O)C(=O)N2c2ncccn2)ccc1O. The number of carbonyl (C=O) groups excluding carboxylic acids is 1. The maximum atomic E-state index is 13.8. The number of fused-ring (bicyclic) bond motifs is 2. The second-order valence-electron chi connectivity index (χ2n) is 6.87. The number of nitrogens with zero attached hydrogens (tertiary/aromatic N) is 3. The molecule has 5 rings (SSSR count). The number of benzene rings is 2. The van der Waals surface area contributed by atoms with Gasteiger partial charge in [0, 0.05) is 12.4 Å². The molecule has 0 spiro atoms. The Morgan fingerprint density at radius 2 is 1.90 bits per heavy atom. The number of amides is 1. The van der Waals surface area contributed by atoms with Crippen LogP contribution in [0.1, 0.15) is 27.7 Å². The van der Waals surface area contributed by atoms with Gasteiger partial charge in [0.25, 0.3) is 5.91 Å². The lowest BCUT2D eigenvalue weighted by Crippen LogP contribution is -2.31. The van der Waals surface area contributed by atoms with E-state index in [-0.39, 0.29) is 39.7 Å². The zero-order valence-corrected chi connectivity index (χ0v) is 16.1. The normalized spacial score (nSPS) is 15.4. The first-order chi connectivity index (χ1) is 15.0. The molecule has 154 valence electrons. The minimum Gasteiger partial charge on any atom is -0.504 e. The molecule has 0 radical (unpaired) electrons.